The lowest BCUT2D eigenvalue weighted by molar-refractivity contribution is -0.898. The Kier molecular flexibility index (Phi) is 7.47. The molecule has 0 radical (unpaired) electrons. The van der Waals surface area contributed by atoms with E-state index in [1.54, 1.807) is 14.2 Å². The molecule has 3 aromatic carbocycles. The molecule has 0 aliphatic carbocycles. The summed E-state index contributed by atoms with van der Waals surface area (Å²) in [6, 6.07) is 25.8. The first kappa shape index (κ1) is 24.5. The van der Waals surface area contributed by atoms with Crippen LogP contribution in [0.3, 0.4) is 0 Å². The van der Waals surface area contributed by atoms with Crippen LogP contribution in [0.1, 0.15) is 15.9 Å². The Balaban J connectivity index is 1.34. The van der Waals surface area contributed by atoms with Crippen LogP contribution >= 0.6 is 0 Å². The van der Waals surface area contributed by atoms with Gasteiger partial charge >= 0.3 is 0 Å². The maximum atomic E-state index is 13.8. The summed E-state index contributed by atoms with van der Waals surface area (Å²) in [6.45, 7) is 4.27. The number of amides is 1. The molecule has 4 aromatic rings. The fourth-order valence-corrected chi connectivity index (χ4v) is 4.82. The van der Waals surface area contributed by atoms with E-state index in [0.717, 1.165) is 54.9 Å². The van der Waals surface area contributed by atoms with E-state index in [-0.39, 0.29) is 5.91 Å². The van der Waals surface area contributed by atoms with E-state index in [9.17, 15) is 4.79 Å². The number of hydrogen-bond acceptors (Lipinski definition) is 4. The van der Waals surface area contributed by atoms with Crippen molar-refractivity contribution in [2.75, 3.05) is 46.9 Å². The van der Waals surface area contributed by atoms with Crippen LogP contribution in [0.4, 0.5) is 0 Å². The molecule has 1 amide bonds. The minimum Gasteiger partial charge on any atom is -0.493 e. The van der Waals surface area contributed by atoms with Crippen molar-refractivity contribution < 1.29 is 19.2 Å². The first-order valence-electron chi connectivity index (χ1n) is 12.6. The van der Waals surface area contributed by atoms with Gasteiger partial charge in [0.15, 0.2) is 11.5 Å². The van der Waals surface area contributed by atoms with Gasteiger partial charge in [-0.3, -0.25) is 4.79 Å². The van der Waals surface area contributed by atoms with Crippen molar-refractivity contribution in [3.63, 3.8) is 0 Å². The average molecular weight is 495 g/mol. The fourth-order valence-electron chi connectivity index (χ4n) is 4.82. The summed E-state index contributed by atoms with van der Waals surface area (Å²) in [7, 11) is 3.23. The topological polar surface area (TPSA) is 56.1 Å². The van der Waals surface area contributed by atoms with Crippen molar-refractivity contribution in [2.24, 2.45) is 0 Å². The van der Waals surface area contributed by atoms with Gasteiger partial charge in [-0.2, -0.15) is 0 Å². The second-order valence-electron chi connectivity index (χ2n) is 9.20. The van der Waals surface area contributed by atoms with Crippen molar-refractivity contribution in [3.05, 3.63) is 96.1 Å². The molecule has 0 saturated carbocycles. The van der Waals surface area contributed by atoms with Gasteiger partial charge < -0.3 is 19.3 Å². The average Bonchev–Trinajstić information content (AvgIpc) is 2.96. The van der Waals surface area contributed by atoms with Crippen LogP contribution in [0.5, 0.6) is 11.5 Å². The number of ether oxygens (including phenoxy) is 2. The predicted octanol–water partition coefficient (Wildman–Crippen LogP) is 3.97. The van der Waals surface area contributed by atoms with Crippen molar-refractivity contribution in [2.45, 2.75) is 0 Å². The summed E-state index contributed by atoms with van der Waals surface area (Å²) in [6.07, 6.45) is 4.40. The molecule has 1 saturated heterocycles. The van der Waals surface area contributed by atoms with E-state index in [0.29, 0.717) is 17.1 Å². The molecule has 1 fully saturated rings. The highest BCUT2D eigenvalue weighted by Crippen LogP contribution is 2.33. The number of nitrogens with one attached hydrogen (secondary N) is 1. The van der Waals surface area contributed by atoms with Gasteiger partial charge in [0.2, 0.25) is 0 Å². The third-order valence-corrected chi connectivity index (χ3v) is 6.90. The van der Waals surface area contributed by atoms with Gasteiger partial charge in [0.25, 0.3) is 5.91 Å². The molecule has 5 rings (SSSR count). The monoisotopic (exact) mass is 494 g/mol. The number of hydrogen-bond donors (Lipinski definition) is 1. The maximum Gasteiger partial charge on any atom is 0.255 e. The maximum absolute atomic E-state index is 13.8. The number of benzene rings is 3. The minimum absolute atomic E-state index is 0.0548. The van der Waals surface area contributed by atoms with Crippen LogP contribution in [0.25, 0.3) is 28.2 Å². The zero-order valence-electron chi connectivity index (χ0n) is 21.3. The van der Waals surface area contributed by atoms with E-state index in [1.807, 2.05) is 59.5 Å². The lowest BCUT2D eigenvalue weighted by Gasteiger charge is -2.32. The number of quaternary nitrogens is 1. The first-order chi connectivity index (χ1) is 18.2. The summed E-state index contributed by atoms with van der Waals surface area (Å²) < 4.78 is 10.9. The molecule has 37 heavy (non-hydrogen) atoms. The molecule has 6 nitrogen and oxygen atoms in total. The number of rotatable bonds is 7. The highest BCUT2D eigenvalue weighted by Gasteiger charge is 2.26. The van der Waals surface area contributed by atoms with Crippen LogP contribution in [-0.2, 0) is 0 Å². The lowest BCUT2D eigenvalue weighted by Crippen LogP contribution is -3.14. The zero-order chi connectivity index (χ0) is 25.6. The summed E-state index contributed by atoms with van der Waals surface area (Å²) in [5.74, 6) is 1.34. The van der Waals surface area contributed by atoms with Gasteiger partial charge in [-0.25, -0.2) is 4.98 Å². The first-order valence-corrected chi connectivity index (χ1v) is 12.6. The van der Waals surface area contributed by atoms with E-state index in [1.165, 1.54) is 10.5 Å². The zero-order valence-corrected chi connectivity index (χ0v) is 21.3. The number of pyridine rings is 1. The molecule has 0 atom stereocenters. The highest BCUT2D eigenvalue weighted by molar-refractivity contribution is 6.07. The van der Waals surface area contributed by atoms with Crippen molar-refractivity contribution in [1.82, 2.24) is 9.88 Å². The van der Waals surface area contributed by atoms with Gasteiger partial charge in [-0.05, 0) is 42.0 Å². The standard InChI is InChI=1S/C31H31N3O3/c1-36-29-15-14-24(21-30(29)37-2)28-22-26(25-12-6-7-13-27(25)32-28)31(35)34-19-17-33(18-20-34)16-8-11-23-9-4-3-5-10-23/h3-15,21-22H,16-20H2,1-2H3/p+1. The fraction of sp³-hybridized carbons (Fsp3) is 0.226. The Bertz CT molecular complexity index is 1410. The van der Waals surface area contributed by atoms with Crippen LogP contribution in [0, 0.1) is 0 Å². The van der Waals surface area contributed by atoms with Crippen LogP contribution in [0.15, 0.2) is 84.9 Å². The molecule has 2 heterocycles. The third-order valence-electron chi connectivity index (χ3n) is 6.90. The molecule has 1 aliphatic rings. The van der Waals surface area contributed by atoms with E-state index < -0.39 is 0 Å². The van der Waals surface area contributed by atoms with E-state index in [2.05, 4.69) is 36.4 Å². The van der Waals surface area contributed by atoms with Crippen molar-refractivity contribution in [1.29, 1.82) is 0 Å². The third kappa shape index (κ3) is 5.49. The Morgan fingerprint density at radius 1 is 0.919 bits per heavy atom. The number of nitrogens with zero attached hydrogens (tertiary/aromatic N) is 2. The predicted molar refractivity (Wildman–Crippen MR) is 147 cm³/mol. The quantitative estimate of drug-likeness (QED) is 0.422. The van der Waals surface area contributed by atoms with Crippen LogP contribution in [0.2, 0.25) is 0 Å². The number of carbonyl (C=O) groups is 1. The SMILES string of the molecule is COc1ccc(-c2cc(C(=O)N3CC[NH+](CC=Cc4ccccc4)CC3)c3ccccc3n2)cc1OC. The Morgan fingerprint density at radius 3 is 2.41 bits per heavy atom. The Morgan fingerprint density at radius 2 is 1.65 bits per heavy atom. The normalized spacial score (nSPS) is 14.3. The van der Waals surface area contributed by atoms with Gasteiger partial charge in [0.1, 0.15) is 0 Å². The second kappa shape index (κ2) is 11.3. The van der Waals surface area contributed by atoms with E-state index in [4.69, 9.17) is 14.5 Å². The number of aromatic nitrogens is 1. The molecule has 188 valence electrons. The Labute approximate surface area is 217 Å². The van der Waals surface area contributed by atoms with Gasteiger partial charge in [0, 0.05) is 10.9 Å². The number of para-hydroxylation sites is 1. The molecule has 1 N–H and O–H groups in total. The molecule has 1 aromatic heterocycles. The summed E-state index contributed by atoms with van der Waals surface area (Å²) in [4.78, 5) is 22.1. The molecule has 0 bridgehead atoms. The molecular weight excluding hydrogens is 462 g/mol. The second-order valence-corrected chi connectivity index (χ2v) is 9.20. The largest absolute Gasteiger partial charge is 0.493 e. The smallest absolute Gasteiger partial charge is 0.255 e. The number of piperazine rings is 1. The minimum atomic E-state index is 0.0548. The lowest BCUT2D eigenvalue weighted by atomic mass is 10.0. The number of fused-ring (bicyclic) bond motifs is 1. The van der Waals surface area contributed by atoms with Crippen molar-refractivity contribution in [3.8, 4) is 22.8 Å². The highest BCUT2D eigenvalue weighted by atomic mass is 16.5. The summed E-state index contributed by atoms with van der Waals surface area (Å²) in [5, 5.41) is 0.872. The Hall–Kier alpha value is -4.16. The molecule has 1 aliphatic heterocycles. The van der Waals surface area contributed by atoms with Gasteiger partial charge in [-0.1, -0.05) is 54.6 Å². The molecule has 0 unspecified atom stereocenters. The van der Waals surface area contributed by atoms with Crippen LogP contribution in [-0.4, -0.2) is 62.7 Å². The molecule has 6 heteroatoms. The molecular formula is C31H32N3O3+. The van der Waals surface area contributed by atoms with Gasteiger partial charge in [-0.15, -0.1) is 0 Å². The van der Waals surface area contributed by atoms with E-state index >= 15 is 0 Å². The molecule has 0 spiro atoms. The van der Waals surface area contributed by atoms with Crippen molar-refractivity contribution >= 4 is 22.9 Å². The number of methoxy groups -OCH3 is 2. The summed E-state index contributed by atoms with van der Waals surface area (Å²) >= 11 is 0. The number of carbonyl (C=O) groups excluding carboxylic acids is 1. The van der Waals surface area contributed by atoms with Gasteiger partial charge in [0.05, 0.1) is 63.7 Å². The summed E-state index contributed by atoms with van der Waals surface area (Å²) in [5.41, 5.74) is 4.30. The van der Waals surface area contributed by atoms with Crippen LogP contribution < -0.4 is 14.4 Å².